The van der Waals surface area contributed by atoms with Crippen LogP contribution in [0.5, 0.6) is 0 Å². The van der Waals surface area contributed by atoms with E-state index in [9.17, 15) is 26.7 Å². The minimum absolute atomic E-state index is 0.00294. The molecule has 0 spiro atoms. The lowest BCUT2D eigenvalue weighted by Crippen LogP contribution is -2.16. The molecule has 0 radical (unpaired) electrons. The summed E-state index contributed by atoms with van der Waals surface area (Å²) in [7, 11) is 0. The van der Waals surface area contributed by atoms with Crippen molar-refractivity contribution in [2.75, 3.05) is 0 Å². The lowest BCUT2D eigenvalue weighted by atomic mass is 9.87. The molecule has 2 aromatic rings. The summed E-state index contributed by atoms with van der Waals surface area (Å²) in [5, 5.41) is 8.85. The average molecular weight is 390 g/mol. The van der Waals surface area contributed by atoms with Crippen LogP contribution in [-0.2, 0) is 11.0 Å². The third-order valence-electron chi connectivity index (χ3n) is 4.28. The molecule has 2 aromatic carbocycles. The van der Waals surface area contributed by atoms with Crippen LogP contribution in [0.15, 0.2) is 18.2 Å². The summed E-state index contributed by atoms with van der Waals surface area (Å²) in [5.74, 6) is -6.52. The van der Waals surface area contributed by atoms with Crippen molar-refractivity contribution in [3.8, 4) is 11.1 Å². The first kappa shape index (κ1) is 20.8. The third kappa shape index (κ3) is 4.09. The SMILES string of the molecule is Cc1cc(F)cc(C)c1-c1cc(C(F)(F)F)c(F)c([C@@H](C)CC(=O)O)c1F. The summed E-state index contributed by atoms with van der Waals surface area (Å²) in [6.07, 6.45) is -5.87. The molecule has 0 aromatic heterocycles. The van der Waals surface area contributed by atoms with Gasteiger partial charge in [0.2, 0.25) is 0 Å². The molecule has 0 heterocycles. The van der Waals surface area contributed by atoms with Gasteiger partial charge in [0.1, 0.15) is 17.5 Å². The molecule has 2 nitrogen and oxygen atoms in total. The van der Waals surface area contributed by atoms with E-state index in [-0.39, 0.29) is 16.7 Å². The maximum Gasteiger partial charge on any atom is 0.419 e. The molecule has 0 saturated carbocycles. The molecule has 1 atom stereocenters. The second-order valence-corrected chi connectivity index (χ2v) is 6.42. The summed E-state index contributed by atoms with van der Waals surface area (Å²) >= 11 is 0. The Kier molecular flexibility index (Phi) is 5.58. The van der Waals surface area contributed by atoms with Crippen molar-refractivity contribution < 1.29 is 36.2 Å². The molecule has 0 aliphatic heterocycles. The van der Waals surface area contributed by atoms with Crippen molar-refractivity contribution in [2.45, 2.75) is 39.3 Å². The molecule has 8 heteroatoms. The number of alkyl halides is 3. The number of hydrogen-bond donors (Lipinski definition) is 1. The number of rotatable bonds is 4. The number of benzene rings is 2. The maximum atomic E-state index is 15.1. The predicted molar refractivity (Wildman–Crippen MR) is 86.9 cm³/mol. The highest BCUT2D eigenvalue weighted by molar-refractivity contribution is 5.74. The normalized spacial score (nSPS) is 12.9. The molecular weight excluding hydrogens is 374 g/mol. The Morgan fingerprint density at radius 3 is 2.00 bits per heavy atom. The fourth-order valence-corrected chi connectivity index (χ4v) is 3.18. The first-order chi connectivity index (χ1) is 12.3. The van der Waals surface area contributed by atoms with E-state index in [2.05, 4.69) is 0 Å². The van der Waals surface area contributed by atoms with E-state index in [1.54, 1.807) is 0 Å². The van der Waals surface area contributed by atoms with Crippen molar-refractivity contribution in [3.63, 3.8) is 0 Å². The van der Waals surface area contributed by atoms with Crippen molar-refractivity contribution in [2.24, 2.45) is 0 Å². The van der Waals surface area contributed by atoms with Crippen LogP contribution in [0.1, 0.15) is 41.5 Å². The summed E-state index contributed by atoms with van der Waals surface area (Å²) in [5.41, 5.74) is -2.86. The van der Waals surface area contributed by atoms with E-state index in [0.717, 1.165) is 19.1 Å². The Bertz CT molecular complexity index is 879. The van der Waals surface area contributed by atoms with Crippen LogP contribution in [0.4, 0.5) is 26.3 Å². The molecule has 1 N–H and O–H groups in total. The second-order valence-electron chi connectivity index (χ2n) is 6.42. The van der Waals surface area contributed by atoms with Crippen LogP contribution in [0.2, 0.25) is 0 Å². The van der Waals surface area contributed by atoms with Crippen LogP contribution in [0, 0.1) is 31.3 Å². The molecule has 0 amide bonds. The Balaban J connectivity index is 2.89. The quantitative estimate of drug-likeness (QED) is 0.652. The summed E-state index contributed by atoms with van der Waals surface area (Å²) < 4.78 is 83.0. The highest BCUT2D eigenvalue weighted by Gasteiger charge is 2.38. The lowest BCUT2D eigenvalue weighted by molar-refractivity contribution is -0.140. The van der Waals surface area contributed by atoms with Gasteiger partial charge in [-0.3, -0.25) is 4.79 Å². The monoisotopic (exact) mass is 390 g/mol. The van der Waals surface area contributed by atoms with E-state index in [1.165, 1.54) is 13.8 Å². The van der Waals surface area contributed by atoms with E-state index in [4.69, 9.17) is 5.11 Å². The molecule has 0 unspecified atom stereocenters. The summed E-state index contributed by atoms with van der Waals surface area (Å²) in [6.45, 7) is 3.91. The number of halogens is 6. The number of carboxylic acids is 1. The van der Waals surface area contributed by atoms with Crippen molar-refractivity contribution in [1.82, 2.24) is 0 Å². The Morgan fingerprint density at radius 2 is 1.56 bits per heavy atom. The minimum atomic E-state index is -5.12. The Hall–Kier alpha value is -2.51. The molecule has 146 valence electrons. The lowest BCUT2D eigenvalue weighted by Gasteiger charge is -2.21. The topological polar surface area (TPSA) is 37.3 Å². The van der Waals surface area contributed by atoms with Gasteiger partial charge in [0, 0.05) is 11.1 Å². The van der Waals surface area contributed by atoms with Gasteiger partial charge >= 0.3 is 12.1 Å². The average Bonchev–Trinajstić information content (AvgIpc) is 2.46. The highest BCUT2D eigenvalue weighted by Crippen LogP contribution is 2.42. The van der Waals surface area contributed by atoms with Gasteiger partial charge in [0.25, 0.3) is 0 Å². The van der Waals surface area contributed by atoms with E-state index >= 15 is 4.39 Å². The number of carbonyl (C=O) groups is 1. The van der Waals surface area contributed by atoms with Crippen molar-refractivity contribution in [3.05, 3.63) is 57.9 Å². The van der Waals surface area contributed by atoms with Gasteiger partial charge in [-0.2, -0.15) is 13.2 Å². The molecule has 0 aliphatic carbocycles. The van der Waals surface area contributed by atoms with Gasteiger partial charge < -0.3 is 5.11 Å². The zero-order chi connectivity index (χ0) is 20.7. The zero-order valence-electron chi connectivity index (χ0n) is 14.6. The van der Waals surface area contributed by atoms with Gasteiger partial charge in [-0.25, -0.2) is 13.2 Å². The number of hydrogen-bond acceptors (Lipinski definition) is 1. The fourth-order valence-electron chi connectivity index (χ4n) is 3.18. The molecule has 0 fully saturated rings. The highest BCUT2D eigenvalue weighted by atomic mass is 19.4. The Morgan fingerprint density at radius 1 is 1.04 bits per heavy atom. The summed E-state index contributed by atoms with van der Waals surface area (Å²) in [4.78, 5) is 10.9. The number of carboxylic acid groups (broad SMARTS) is 1. The van der Waals surface area contributed by atoms with Gasteiger partial charge in [-0.15, -0.1) is 0 Å². The van der Waals surface area contributed by atoms with Gasteiger partial charge in [0.15, 0.2) is 0 Å². The van der Waals surface area contributed by atoms with E-state index < -0.39 is 58.6 Å². The molecule has 0 bridgehead atoms. The van der Waals surface area contributed by atoms with Gasteiger partial charge in [0.05, 0.1) is 12.0 Å². The van der Waals surface area contributed by atoms with Crippen LogP contribution in [0.25, 0.3) is 11.1 Å². The first-order valence-electron chi connectivity index (χ1n) is 7.92. The molecule has 0 aliphatic rings. The first-order valence-corrected chi connectivity index (χ1v) is 7.92. The smallest absolute Gasteiger partial charge is 0.419 e. The predicted octanol–water partition coefficient (Wildman–Crippen LogP) is 5.98. The molecular formula is C19H16F6O2. The van der Waals surface area contributed by atoms with Gasteiger partial charge in [-0.05, 0) is 54.7 Å². The molecule has 27 heavy (non-hydrogen) atoms. The second kappa shape index (κ2) is 7.25. The Labute approximate surface area is 151 Å². The summed E-state index contributed by atoms with van der Waals surface area (Å²) in [6, 6.07) is 2.40. The maximum absolute atomic E-state index is 15.1. The zero-order valence-corrected chi connectivity index (χ0v) is 14.6. The fraction of sp³-hybridized carbons (Fsp3) is 0.316. The standard InChI is InChI=1S/C19H16F6O2/c1-8-4-11(20)5-9(2)15(8)12-7-13(19(23,24)25)18(22)16(17(12)21)10(3)6-14(26)27/h4-5,7,10H,6H2,1-3H3,(H,26,27)/t10-/m0/s1. The van der Waals surface area contributed by atoms with E-state index in [1.807, 2.05) is 0 Å². The third-order valence-corrected chi connectivity index (χ3v) is 4.28. The van der Waals surface area contributed by atoms with Gasteiger partial charge in [-0.1, -0.05) is 6.92 Å². The van der Waals surface area contributed by atoms with Crippen LogP contribution >= 0.6 is 0 Å². The van der Waals surface area contributed by atoms with Crippen LogP contribution in [0.3, 0.4) is 0 Å². The number of aliphatic carboxylic acids is 1. The van der Waals surface area contributed by atoms with Crippen LogP contribution in [-0.4, -0.2) is 11.1 Å². The minimum Gasteiger partial charge on any atom is -0.481 e. The van der Waals surface area contributed by atoms with E-state index in [0.29, 0.717) is 6.07 Å². The molecule has 2 rings (SSSR count). The van der Waals surface area contributed by atoms with Crippen molar-refractivity contribution >= 4 is 5.97 Å². The largest absolute Gasteiger partial charge is 0.481 e. The number of aryl methyl sites for hydroxylation is 2. The molecule has 0 saturated heterocycles. The van der Waals surface area contributed by atoms with Crippen LogP contribution < -0.4 is 0 Å². The van der Waals surface area contributed by atoms with Crippen molar-refractivity contribution in [1.29, 1.82) is 0 Å².